The average Bonchev–Trinajstić information content (AvgIpc) is 2.28. The third-order valence-electron chi connectivity index (χ3n) is 2.26. The van der Waals surface area contributed by atoms with Gasteiger partial charge in [-0.2, -0.15) is 4.31 Å². The zero-order chi connectivity index (χ0) is 11.5. The fourth-order valence-corrected chi connectivity index (χ4v) is 3.11. The molecule has 15 heavy (non-hydrogen) atoms. The van der Waals surface area contributed by atoms with E-state index in [2.05, 4.69) is 22.5 Å². The van der Waals surface area contributed by atoms with Gasteiger partial charge >= 0.3 is 0 Å². The maximum absolute atomic E-state index is 11.5. The van der Waals surface area contributed by atoms with Crippen LogP contribution in [0.25, 0.3) is 0 Å². The van der Waals surface area contributed by atoms with Crippen molar-refractivity contribution in [2.45, 2.75) is 0 Å². The summed E-state index contributed by atoms with van der Waals surface area (Å²) in [7, 11) is -3.19. The summed E-state index contributed by atoms with van der Waals surface area (Å²) in [6.07, 6.45) is 1.24. The summed E-state index contributed by atoms with van der Waals surface area (Å²) in [5, 5.41) is 0. The van der Waals surface area contributed by atoms with Crippen molar-refractivity contribution in [1.82, 2.24) is 9.21 Å². The normalized spacial score (nSPS) is 18.9. The number of sulfonamides is 1. The standard InChI is InChI=1S/C8H13BrN2O3S/c1-2-8(12)10-3-5-11(6-4-10)15(13,14)7-9/h2H,1,3-7H2. The first-order valence-electron chi connectivity index (χ1n) is 4.46. The molecule has 0 atom stereocenters. The van der Waals surface area contributed by atoms with Gasteiger partial charge in [-0.15, -0.1) is 0 Å². The van der Waals surface area contributed by atoms with Crippen LogP contribution in [0.2, 0.25) is 0 Å². The second kappa shape index (κ2) is 5.09. The number of carbonyl (C=O) groups is 1. The van der Waals surface area contributed by atoms with E-state index in [1.165, 1.54) is 10.4 Å². The molecule has 0 aromatic rings. The van der Waals surface area contributed by atoms with Crippen molar-refractivity contribution in [2.24, 2.45) is 0 Å². The number of alkyl halides is 1. The Hall–Kier alpha value is -0.400. The van der Waals surface area contributed by atoms with Gasteiger partial charge in [0.1, 0.15) is 4.66 Å². The summed E-state index contributed by atoms with van der Waals surface area (Å²) in [6.45, 7) is 4.95. The molecule has 0 aliphatic carbocycles. The van der Waals surface area contributed by atoms with Gasteiger partial charge in [-0.3, -0.25) is 4.79 Å². The van der Waals surface area contributed by atoms with Crippen LogP contribution in [0.5, 0.6) is 0 Å². The van der Waals surface area contributed by atoms with Crippen LogP contribution in [-0.4, -0.2) is 54.4 Å². The van der Waals surface area contributed by atoms with E-state index in [9.17, 15) is 13.2 Å². The lowest BCUT2D eigenvalue weighted by Gasteiger charge is -2.32. The lowest BCUT2D eigenvalue weighted by atomic mass is 10.3. The zero-order valence-corrected chi connectivity index (χ0v) is 10.6. The SMILES string of the molecule is C=CC(=O)N1CCN(S(=O)(=O)CBr)CC1. The minimum atomic E-state index is -3.19. The Kier molecular flexibility index (Phi) is 4.30. The van der Waals surface area contributed by atoms with E-state index >= 15 is 0 Å². The van der Waals surface area contributed by atoms with Crippen molar-refractivity contribution in [3.8, 4) is 0 Å². The summed E-state index contributed by atoms with van der Waals surface area (Å²) in [6, 6.07) is 0. The Morgan fingerprint density at radius 2 is 1.87 bits per heavy atom. The largest absolute Gasteiger partial charge is 0.337 e. The fraction of sp³-hybridized carbons (Fsp3) is 0.625. The molecule has 0 aromatic heterocycles. The van der Waals surface area contributed by atoms with Gasteiger partial charge in [0.2, 0.25) is 15.9 Å². The van der Waals surface area contributed by atoms with Crippen LogP contribution in [0.4, 0.5) is 0 Å². The quantitative estimate of drug-likeness (QED) is 0.544. The third-order valence-corrected chi connectivity index (χ3v) is 5.42. The van der Waals surface area contributed by atoms with E-state index in [1.807, 2.05) is 0 Å². The summed E-state index contributed by atoms with van der Waals surface area (Å²) < 4.78 is 24.2. The molecule has 1 amide bonds. The summed E-state index contributed by atoms with van der Waals surface area (Å²) in [5.41, 5.74) is 0. The summed E-state index contributed by atoms with van der Waals surface area (Å²) in [5.74, 6) is -0.147. The number of halogens is 1. The summed E-state index contributed by atoms with van der Waals surface area (Å²) >= 11 is 2.94. The molecule has 0 bridgehead atoms. The smallest absolute Gasteiger partial charge is 0.246 e. The predicted octanol–water partition coefficient (Wildman–Crippen LogP) is -0.00120. The van der Waals surface area contributed by atoms with Crippen molar-refractivity contribution in [3.63, 3.8) is 0 Å². The Bertz CT molecular complexity index is 347. The van der Waals surface area contributed by atoms with Gasteiger partial charge in [0, 0.05) is 26.2 Å². The van der Waals surface area contributed by atoms with Gasteiger partial charge in [-0.05, 0) is 6.08 Å². The lowest BCUT2D eigenvalue weighted by Crippen LogP contribution is -2.50. The third kappa shape index (κ3) is 3.02. The number of carbonyl (C=O) groups excluding carboxylic acids is 1. The Balaban J connectivity index is 2.57. The highest BCUT2D eigenvalue weighted by Crippen LogP contribution is 2.10. The van der Waals surface area contributed by atoms with Gasteiger partial charge < -0.3 is 4.90 Å². The zero-order valence-electron chi connectivity index (χ0n) is 8.23. The molecular formula is C8H13BrN2O3S. The van der Waals surface area contributed by atoms with Crippen molar-refractivity contribution >= 4 is 31.9 Å². The van der Waals surface area contributed by atoms with Gasteiger partial charge in [-0.25, -0.2) is 8.42 Å². The number of hydrogen-bond donors (Lipinski definition) is 0. The van der Waals surface area contributed by atoms with Crippen molar-refractivity contribution in [3.05, 3.63) is 12.7 Å². The van der Waals surface area contributed by atoms with E-state index in [1.54, 1.807) is 4.90 Å². The monoisotopic (exact) mass is 296 g/mol. The molecule has 0 radical (unpaired) electrons. The first kappa shape index (κ1) is 12.7. The van der Waals surface area contributed by atoms with Crippen molar-refractivity contribution in [1.29, 1.82) is 0 Å². The van der Waals surface area contributed by atoms with E-state index < -0.39 is 10.0 Å². The van der Waals surface area contributed by atoms with Gasteiger partial charge in [0.05, 0.1) is 0 Å². The van der Waals surface area contributed by atoms with E-state index in [-0.39, 0.29) is 10.6 Å². The molecule has 1 aliphatic rings. The van der Waals surface area contributed by atoms with Crippen LogP contribution in [0, 0.1) is 0 Å². The van der Waals surface area contributed by atoms with Crippen LogP contribution >= 0.6 is 15.9 Å². The summed E-state index contributed by atoms with van der Waals surface area (Å²) in [4.78, 5) is 12.8. The molecule has 0 saturated carbocycles. The Labute approximate surface area is 97.9 Å². The highest BCUT2D eigenvalue weighted by atomic mass is 79.9. The number of nitrogens with zero attached hydrogens (tertiary/aromatic N) is 2. The van der Waals surface area contributed by atoms with Crippen LogP contribution < -0.4 is 0 Å². The van der Waals surface area contributed by atoms with Gasteiger partial charge in [0.25, 0.3) is 0 Å². The first-order valence-corrected chi connectivity index (χ1v) is 7.19. The van der Waals surface area contributed by atoms with Crippen molar-refractivity contribution in [2.75, 3.05) is 30.8 Å². The molecule has 1 rings (SSSR count). The molecule has 1 aliphatic heterocycles. The number of amides is 1. The Morgan fingerprint density at radius 3 is 2.27 bits per heavy atom. The number of hydrogen-bond acceptors (Lipinski definition) is 3. The molecule has 1 fully saturated rings. The van der Waals surface area contributed by atoms with Crippen LogP contribution in [0.15, 0.2) is 12.7 Å². The van der Waals surface area contributed by atoms with E-state index in [0.717, 1.165) is 0 Å². The molecule has 7 heteroatoms. The minimum absolute atomic E-state index is 0.0740. The van der Waals surface area contributed by atoms with Crippen molar-refractivity contribution < 1.29 is 13.2 Å². The molecule has 1 heterocycles. The topological polar surface area (TPSA) is 57.7 Å². The lowest BCUT2D eigenvalue weighted by molar-refractivity contribution is -0.127. The van der Waals surface area contributed by atoms with Gasteiger partial charge in [-0.1, -0.05) is 22.5 Å². The molecular weight excluding hydrogens is 284 g/mol. The number of piperazine rings is 1. The second-order valence-electron chi connectivity index (χ2n) is 3.15. The highest BCUT2D eigenvalue weighted by molar-refractivity contribution is 9.10. The molecule has 5 nitrogen and oxygen atoms in total. The first-order chi connectivity index (χ1) is 7.01. The second-order valence-corrected chi connectivity index (χ2v) is 6.42. The number of rotatable bonds is 3. The van der Waals surface area contributed by atoms with E-state index in [4.69, 9.17) is 0 Å². The van der Waals surface area contributed by atoms with Gasteiger partial charge in [0.15, 0.2) is 0 Å². The molecule has 0 unspecified atom stereocenters. The molecule has 86 valence electrons. The van der Waals surface area contributed by atoms with E-state index in [0.29, 0.717) is 26.2 Å². The van der Waals surface area contributed by atoms with Crippen LogP contribution in [-0.2, 0) is 14.8 Å². The predicted molar refractivity (Wildman–Crippen MR) is 61.1 cm³/mol. The average molecular weight is 297 g/mol. The maximum atomic E-state index is 11.5. The molecule has 1 saturated heterocycles. The molecule has 0 aromatic carbocycles. The Morgan fingerprint density at radius 1 is 1.33 bits per heavy atom. The van der Waals surface area contributed by atoms with Crippen LogP contribution in [0.1, 0.15) is 0 Å². The fourth-order valence-electron chi connectivity index (χ4n) is 1.38. The molecule has 0 spiro atoms. The molecule has 0 N–H and O–H groups in total. The highest BCUT2D eigenvalue weighted by Gasteiger charge is 2.26. The minimum Gasteiger partial charge on any atom is -0.337 e. The maximum Gasteiger partial charge on any atom is 0.246 e. The van der Waals surface area contributed by atoms with Crippen LogP contribution in [0.3, 0.4) is 0 Å².